The van der Waals surface area contributed by atoms with Crippen molar-refractivity contribution in [2.75, 3.05) is 5.73 Å². The normalized spacial score (nSPS) is 10.8. The number of benzene rings is 1. The minimum Gasteiger partial charge on any atom is -0.369 e. The third-order valence-electron chi connectivity index (χ3n) is 2.39. The van der Waals surface area contributed by atoms with Crippen molar-refractivity contribution in [2.24, 2.45) is 0 Å². The van der Waals surface area contributed by atoms with Gasteiger partial charge in [-0.2, -0.15) is 0 Å². The summed E-state index contributed by atoms with van der Waals surface area (Å²) in [4.78, 5) is 15.1. The van der Waals surface area contributed by atoms with Crippen molar-refractivity contribution >= 4 is 17.0 Å². The molecule has 0 aliphatic rings. The Morgan fingerprint density at radius 3 is 2.69 bits per heavy atom. The molecule has 78 valence electrons. The summed E-state index contributed by atoms with van der Waals surface area (Å²) in [5.41, 5.74) is 9.37. The highest BCUT2D eigenvalue weighted by Crippen LogP contribution is 2.22. The molecule has 0 unspecified atom stereocenters. The van der Waals surface area contributed by atoms with Crippen LogP contribution in [0, 0.1) is 0 Å². The zero-order valence-corrected chi connectivity index (χ0v) is 8.38. The molecule has 1 aromatic carbocycles. The molecule has 0 saturated carbocycles. The van der Waals surface area contributed by atoms with Crippen molar-refractivity contribution in [3.63, 3.8) is 0 Å². The largest absolute Gasteiger partial charge is 0.369 e. The van der Waals surface area contributed by atoms with Crippen LogP contribution in [-0.4, -0.2) is 19.9 Å². The van der Waals surface area contributed by atoms with Crippen molar-refractivity contribution in [1.29, 1.82) is 0 Å². The fraction of sp³-hybridized carbons (Fsp3) is 0. The quantitative estimate of drug-likeness (QED) is 0.640. The first-order chi connectivity index (χ1) is 7.83. The van der Waals surface area contributed by atoms with Crippen molar-refractivity contribution in [3.8, 4) is 11.1 Å². The molecule has 5 heteroatoms. The minimum atomic E-state index is 0.427. The third kappa shape index (κ3) is 1.38. The molecule has 0 amide bonds. The van der Waals surface area contributed by atoms with Gasteiger partial charge in [0.05, 0.1) is 11.0 Å². The number of nitrogen functional groups attached to an aromatic ring is 1. The molecule has 3 aromatic rings. The summed E-state index contributed by atoms with van der Waals surface area (Å²) in [6, 6.07) is 5.88. The Kier molecular flexibility index (Phi) is 1.83. The lowest BCUT2D eigenvalue weighted by Crippen LogP contribution is -1.84. The number of H-pyrrole nitrogens is 1. The highest BCUT2D eigenvalue weighted by molar-refractivity contribution is 5.82. The number of aromatic amines is 1. The van der Waals surface area contributed by atoms with Crippen molar-refractivity contribution in [2.45, 2.75) is 0 Å². The molecular formula is C11H9N5. The van der Waals surface area contributed by atoms with Gasteiger partial charge in [-0.1, -0.05) is 6.07 Å². The number of hydrogen-bond donors (Lipinski definition) is 2. The number of nitrogens with two attached hydrogens (primary N) is 1. The topological polar surface area (TPSA) is 80.5 Å². The molecular weight excluding hydrogens is 202 g/mol. The van der Waals surface area contributed by atoms with Gasteiger partial charge in [0.2, 0.25) is 0 Å². The first-order valence-corrected chi connectivity index (χ1v) is 4.83. The molecule has 0 saturated heterocycles. The van der Waals surface area contributed by atoms with Crippen LogP contribution in [0.4, 0.5) is 5.95 Å². The standard InChI is InChI=1S/C11H9N5/c12-11-15-9-2-1-7(3-10(9)16-11)8-4-13-6-14-5-8/h1-6H,(H3,12,15,16). The van der Waals surface area contributed by atoms with E-state index in [1.54, 1.807) is 12.4 Å². The van der Waals surface area contributed by atoms with Crippen LogP contribution in [0.25, 0.3) is 22.2 Å². The van der Waals surface area contributed by atoms with Gasteiger partial charge in [-0.15, -0.1) is 0 Å². The number of aromatic nitrogens is 4. The van der Waals surface area contributed by atoms with Gasteiger partial charge in [0, 0.05) is 18.0 Å². The first kappa shape index (κ1) is 8.84. The fourth-order valence-corrected chi connectivity index (χ4v) is 1.66. The summed E-state index contributed by atoms with van der Waals surface area (Å²) in [7, 11) is 0. The Hall–Kier alpha value is -2.43. The Bertz CT molecular complexity index is 629. The molecule has 3 rings (SSSR count). The van der Waals surface area contributed by atoms with Gasteiger partial charge in [-0.3, -0.25) is 0 Å². The number of imidazole rings is 1. The van der Waals surface area contributed by atoms with Crippen molar-refractivity contribution in [1.82, 2.24) is 19.9 Å². The Balaban J connectivity index is 2.18. The van der Waals surface area contributed by atoms with E-state index in [4.69, 9.17) is 5.73 Å². The predicted octanol–water partition coefficient (Wildman–Crippen LogP) is 1.60. The smallest absolute Gasteiger partial charge is 0.198 e. The average Bonchev–Trinajstić information content (AvgIpc) is 2.69. The summed E-state index contributed by atoms with van der Waals surface area (Å²) >= 11 is 0. The molecule has 2 heterocycles. The lowest BCUT2D eigenvalue weighted by molar-refractivity contribution is 1.17. The fourth-order valence-electron chi connectivity index (χ4n) is 1.66. The van der Waals surface area contributed by atoms with Crippen LogP contribution in [0.3, 0.4) is 0 Å². The van der Waals surface area contributed by atoms with E-state index in [1.165, 1.54) is 6.33 Å². The lowest BCUT2D eigenvalue weighted by Gasteiger charge is -1.99. The number of nitrogens with one attached hydrogen (secondary N) is 1. The number of rotatable bonds is 1. The number of fused-ring (bicyclic) bond motifs is 1. The monoisotopic (exact) mass is 211 g/mol. The van der Waals surface area contributed by atoms with Crippen LogP contribution in [-0.2, 0) is 0 Å². The van der Waals surface area contributed by atoms with E-state index in [0.717, 1.165) is 22.2 Å². The van der Waals surface area contributed by atoms with Crippen LogP contribution < -0.4 is 5.73 Å². The minimum absolute atomic E-state index is 0.427. The van der Waals surface area contributed by atoms with Gasteiger partial charge in [0.1, 0.15) is 6.33 Å². The molecule has 2 aromatic heterocycles. The Morgan fingerprint density at radius 1 is 1.06 bits per heavy atom. The zero-order valence-electron chi connectivity index (χ0n) is 8.38. The van der Waals surface area contributed by atoms with Crippen LogP contribution in [0.2, 0.25) is 0 Å². The molecule has 0 bridgehead atoms. The van der Waals surface area contributed by atoms with Crippen molar-refractivity contribution < 1.29 is 0 Å². The third-order valence-corrected chi connectivity index (χ3v) is 2.39. The van der Waals surface area contributed by atoms with Gasteiger partial charge in [0.25, 0.3) is 0 Å². The predicted molar refractivity (Wildman–Crippen MR) is 61.5 cm³/mol. The molecule has 16 heavy (non-hydrogen) atoms. The van der Waals surface area contributed by atoms with E-state index in [2.05, 4.69) is 19.9 Å². The second-order valence-electron chi connectivity index (χ2n) is 3.48. The molecule has 0 aliphatic heterocycles. The van der Waals surface area contributed by atoms with Gasteiger partial charge in [-0.05, 0) is 17.7 Å². The Labute approximate surface area is 91.4 Å². The Morgan fingerprint density at radius 2 is 1.88 bits per heavy atom. The molecule has 0 spiro atoms. The summed E-state index contributed by atoms with van der Waals surface area (Å²) in [5.74, 6) is 0.427. The summed E-state index contributed by atoms with van der Waals surface area (Å²) < 4.78 is 0. The van der Waals surface area contributed by atoms with Crippen LogP contribution in [0.5, 0.6) is 0 Å². The highest BCUT2D eigenvalue weighted by Gasteiger charge is 2.03. The molecule has 0 atom stereocenters. The maximum Gasteiger partial charge on any atom is 0.198 e. The average molecular weight is 211 g/mol. The van der Waals surface area contributed by atoms with E-state index in [1.807, 2.05) is 18.2 Å². The van der Waals surface area contributed by atoms with Gasteiger partial charge in [-0.25, -0.2) is 15.0 Å². The molecule has 0 radical (unpaired) electrons. The van der Waals surface area contributed by atoms with Crippen molar-refractivity contribution in [3.05, 3.63) is 36.9 Å². The maximum atomic E-state index is 5.59. The van der Waals surface area contributed by atoms with E-state index in [0.29, 0.717) is 5.95 Å². The van der Waals surface area contributed by atoms with E-state index in [-0.39, 0.29) is 0 Å². The lowest BCUT2D eigenvalue weighted by atomic mass is 10.1. The summed E-state index contributed by atoms with van der Waals surface area (Å²) in [6.45, 7) is 0. The van der Waals surface area contributed by atoms with Crippen LogP contribution >= 0.6 is 0 Å². The highest BCUT2D eigenvalue weighted by atomic mass is 15.0. The number of hydrogen-bond acceptors (Lipinski definition) is 4. The van der Waals surface area contributed by atoms with E-state index in [9.17, 15) is 0 Å². The van der Waals surface area contributed by atoms with Crippen LogP contribution in [0.1, 0.15) is 0 Å². The van der Waals surface area contributed by atoms with Crippen LogP contribution in [0.15, 0.2) is 36.9 Å². The van der Waals surface area contributed by atoms with E-state index >= 15 is 0 Å². The molecule has 0 aliphatic carbocycles. The molecule has 5 nitrogen and oxygen atoms in total. The van der Waals surface area contributed by atoms with E-state index < -0.39 is 0 Å². The SMILES string of the molecule is Nc1nc2ccc(-c3cncnc3)cc2[nH]1. The summed E-state index contributed by atoms with van der Waals surface area (Å²) in [5, 5.41) is 0. The van der Waals surface area contributed by atoms with Gasteiger partial charge < -0.3 is 10.7 Å². The second kappa shape index (κ2) is 3.30. The van der Waals surface area contributed by atoms with Gasteiger partial charge >= 0.3 is 0 Å². The number of nitrogens with zero attached hydrogens (tertiary/aromatic N) is 3. The summed E-state index contributed by atoms with van der Waals surface area (Å²) in [6.07, 6.45) is 5.05. The number of anilines is 1. The van der Waals surface area contributed by atoms with Gasteiger partial charge in [0.15, 0.2) is 5.95 Å². The second-order valence-corrected chi connectivity index (χ2v) is 3.48. The molecule has 3 N–H and O–H groups in total. The first-order valence-electron chi connectivity index (χ1n) is 4.83. The maximum absolute atomic E-state index is 5.59. The zero-order chi connectivity index (χ0) is 11.0. The molecule has 0 fully saturated rings.